The van der Waals surface area contributed by atoms with Crippen LogP contribution < -0.4 is 0 Å². The molecule has 1 aliphatic heterocycles. The number of sulfonamides is 1. The number of imidazole rings is 1. The Kier molecular flexibility index (Phi) is 3.54. The highest BCUT2D eigenvalue weighted by molar-refractivity contribution is 7.89. The molecule has 0 unspecified atom stereocenters. The molecular formula is C14H18N4O2S. The van der Waals surface area contributed by atoms with Gasteiger partial charge in [-0.05, 0) is 31.9 Å². The number of pyridine rings is 1. The molecule has 7 heteroatoms. The van der Waals surface area contributed by atoms with Gasteiger partial charge in [0.1, 0.15) is 5.82 Å². The zero-order valence-electron chi connectivity index (χ0n) is 12.1. The molecule has 0 bridgehead atoms. The van der Waals surface area contributed by atoms with Crippen molar-refractivity contribution in [2.45, 2.75) is 30.8 Å². The summed E-state index contributed by atoms with van der Waals surface area (Å²) in [5.74, 6) is 0.683. The number of aromatic nitrogens is 3. The molecule has 3 heterocycles. The van der Waals surface area contributed by atoms with Crippen LogP contribution in [0.3, 0.4) is 0 Å². The summed E-state index contributed by atoms with van der Waals surface area (Å²) in [4.78, 5) is 8.48. The quantitative estimate of drug-likeness (QED) is 0.864. The third kappa shape index (κ3) is 2.47. The second-order valence-corrected chi connectivity index (χ2v) is 7.10. The third-order valence-electron chi connectivity index (χ3n) is 3.89. The molecule has 1 aliphatic rings. The van der Waals surface area contributed by atoms with Crippen molar-refractivity contribution in [1.82, 2.24) is 18.8 Å². The summed E-state index contributed by atoms with van der Waals surface area (Å²) in [5, 5.41) is 0.116. The molecule has 21 heavy (non-hydrogen) atoms. The highest BCUT2D eigenvalue weighted by Crippen LogP contribution is 2.35. The molecule has 0 spiro atoms. The van der Waals surface area contributed by atoms with Crippen LogP contribution in [0.15, 0.2) is 35.6 Å². The molecule has 0 amide bonds. The van der Waals surface area contributed by atoms with Crippen LogP contribution in [0, 0.1) is 6.92 Å². The van der Waals surface area contributed by atoms with Gasteiger partial charge < -0.3 is 4.57 Å². The Hall–Kier alpha value is -1.73. The fraction of sp³-hybridized carbons (Fsp3) is 0.429. The van der Waals surface area contributed by atoms with Crippen LogP contribution in [0.1, 0.15) is 30.4 Å². The Balaban J connectivity index is 1.98. The maximum Gasteiger partial charge on any atom is 0.262 e. The van der Waals surface area contributed by atoms with Gasteiger partial charge in [0, 0.05) is 26.0 Å². The highest BCUT2D eigenvalue weighted by Gasteiger charge is 2.38. The Morgan fingerprint density at radius 2 is 2.14 bits per heavy atom. The second kappa shape index (κ2) is 5.23. The number of hydrogen-bond donors (Lipinski definition) is 0. The molecule has 3 rings (SSSR count). The van der Waals surface area contributed by atoms with Crippen LogP contribution in [0.5, 0.6) is 0 Å². The summed E-state index contributed by atoms with van der Waals surface area (Å²) in [6, 6.07) is 5.40. The van der Waals surface area contributed by atoms with Gasteiger partial charge in [0.15, 0.2) is 5.03 Å². The topological polar surface area (TPSA) is 68.1 Å². The zero-order chi connectivity index (χ0) is 15.0. The van der Waals surface area contributed by atoms with Gasteiger partial charge >= 0.3 is 0 Å². The highest BCUT2D eigenvalue weighted by atomic mass is 32.2. The first kappa shape index (κ1) is 14.2. The molecule has 1 saturated heterocycles. The molecule has 0 radical (unpaired) electrons. The van der Waals surface area contributed by atoms with Crippen molar-refractivity contribution in [1.29, 1.82) is 0 Å². The zero-order valence-corrected chi connectivity index (χ0v) is 12.9. The summed E-state index contributed by atoms with van der Waals surface area (Å²) >= 11 is 0. The minimum atomic E-state index is -3.58. The first-order chi connectivity index (χ1) is 10.00. The average molecular weight is 306 g/mol. The largest absolute Gasteiger partial charge is 0.337 e. The van der Waals surface area contributed by atoms with E-state index in [1.165, 1.54) is 4.31 Å². The summed E-state index contributed by atoms with van der Waals surface area (Å²) in [6.45, 7) is 2.30. The van der Waals surface area contributed by atoms with Gasteiger partial charge in [-0.2, -0.15) is 4.31 Å². The SMILES string of the molecule is Cc1nc(S(=O)(=O)N2CCC[C@H]2c2ccccn2)cn1C. The minimum Gasteiger partial charge on any atom is -0.337 e. The van der Waals surface area contributed by atoms with Crippen LogP contribution in [0.4, 0.5) is 0 Å². The van der Waals surface area contributed by atoms with E-state index in [2.05, 4.69) is 9.97 Å². The van der Waals surface area contributed by atoms with Crippen molar-refractivity contribution in [3.05, 3.63) is 42.1 Å². The minimum absolute atomic E-state index is 0.116. The summed E-state index contributed by atoms with van der Waals surface area (Å²) in [6.07, 6.45) is 4.90. The average Bonchev–Trinajstić information content (AvgIpc) is 3.08. The monoisotopic (exact) mass is 306 g/mol. The van der Waals surface area contributed by atoms with E-state index >= 15 is 0 Å². The third-order valence-corrected chi connectivity index (χ3v) is 5.67. The smallest absolute Gasteiger partial charge is 0.262 e. The standard InChI is InChI=1S/C14H18N4O2S/c1-11-16-14(10-17(11)2)21(19,20)18-9-5-7-13(18)12-6-3-4-8-15-12/h3-4,6,8,10,13H,5,7,9H2,1-2H3/t13-/m0/s1. The van der Waals surface area contributed by atoms with E-state index in [0.717, 1.165) is 18.5 Å². The Morgan fingerprint density at radius 1 is 1.33 bits per heavy atom. The van der Waals surface area contributed by atoms with E-state index in [0.29, 0.717) is 12.4 Å². The molecule has 0 saturated carbocycles. The van der Waals surface area contributed by atoms with E-state index in [-0.39, 0.29) is 11.1 Å². The molecule has 1 atom stereocenters. The van der Waals surface area contributed by atoms with E-state index < -0.39 is 10.0 Å². The molecule has 1 fully saturated rings. The lowest BCUT2D eigenvalue weighted by atomic mass is 10.1. The molecule has 112 valence electrons. The van der Waals surface area contributed by atoms with Crippen LogP contribution in [0.25, 0.3) is 0 Å². The van der Waals surface area contributed by atoms with Gasteiger partial charge in [0.25, 0.3) is 10.0 Å². The van der Waals surface area contributed by atoms with Gasteiger partial charge in [0.2, 0.25) is 0 Å². The summed E-state index contributed by atoms with van der Waals surface area (Å²) < 4.78 is 28.9. The molecular weight excluding hydrogens is 288 g/mol. The Bertz CT molecular complexity index is 720. The number of nitrogens with zero attached hydrogens (tertiary/aromatic N) is 4. The predicted molar refractivity (Wildman–Crippen MR) is 78.0 cm³/mol. The maximum absolute atomic E-state index is 12.8. The van der Waals surface area contributed by atoms with Crippen LogP contribution in [-0.4, -0.2) is 33.8 Å². The molecule has 6 nitrogen and oxygen atoms in total. The normalized spacial score (nSPS) is 20.0. The summed E-state index contributed by atoms with van der Waals surface area (Å²) in [5.41, 5.74) is 0.797. The number of rotatable bonds is 3. The molecule has 2 aromatic rings. The molecule has 0 aromatic carbocycles. The van der Waals surface area contributed by atoms with Gasteiger partial charge in [-0.15, -0.1) is 0 Å². The lowest BCUT2D eigenvalue weighted by molar-refractivity contribution is 0.389. The van der Waals surface area contributed by atoms with E-state index in [9.17, 15) is 8.42 Å². The predicted octanol–water partition coefficient (Wildman–Crippen LogP) is 1.65. The van der Waals surface area contributed by atoms with Crippen LogP contribution >= 0.6 is 0 Å². The van der Waals surface area contributed by atoms with Gasteiger partial charge in [0.05, 0.1) is 11.7 Å². The first-order valence-electron chi connectivity index (χ1n) is 6.93. The molecule has 2 aromatic heterocycles. The molecule has 0 N–H and O–H groups in total. The first-order valence-corrected chi connectivity index (χ1v) is 8.37. The van der Waals surface area contributed by atoms with Crippen molar-refractivity contribution < 1.29 is 8.42 Å². The Labute approximate surface area is 124 Å². The van der Waals surface area contributed by atoms with E-state index in [1.54, 1.807) is 30.9 Å². The number of aryl methyl sites for hydroxylation is 2. The van der Waals surface area contributed by atoms with E-state index in [1.807, 2.05) is 18.2 Å². The van der Waals surface area contributed by atoms with Crippen molar-refractivity contribution in [2.75, 3.05) is 6.54 Å². The second-order valence-electron chi connectivity index (χ2n) is 5.27. The van der Waals surface area contributed by atoms with Gasteiger partial charge in [-0.3, -0.25) is 4.98 Å². The van der Waals surface area contributed by atoms with Crippen molar-refractivity contribution >= 4 is 10.0 Å². The molecule has 0 aliphatic carbocycles. The van der Waals surface area contributed by atoms with Crippen LogP contribution in [0.2, 0.25) is 0 Å². The fourth-order valence-electron chi connectivity index (χ4n) is 2.67. The number of hydrogen-bond acceptors (Lipinski definition) is 4. The Morgan fingerprint density at radius 3 is 2.76 bits per heavy atom. The van der Waals surface area contributed by atoms with Crippen molar-refractivity contribution in [3.63, 3.8) is 0 Å². The van der Waals surface area contributed by atoms with Gasteiger partial charge in [-0.25, -0.2) is 13.4 Å². The lowest BCUT2D eigenvalue weighted by Gasteiger charge is -2.22. The van der Waals surface area contributed by atoms with Gasteiger partial charge in [-0.1, -0.05) is 6.07 Å². The fourth-order valence-corrected chi connectivity index (χ4v) is 4.36. The summed E-state index contributed by atoms with van der Waals surface area (Å²) in [7, 11) is -1.78. The van der Waals surface area contributed by atoms with Crippen LogP contribution in [-0.2, 0) is 17.1 Å². The van der Waals surface area contributed by atoms with Crippen molar-refractivity contribution in [3.8, 4) is 0 Å². The van der Waals surface area contributed by atoms with Crippen molar-refractivity contribution in [2.24, 2.45) is 7.05 Å². The lowest BCUT2D eigenvalue weighted by Crippen LogP contribution is -2.31. The van der Waals surface area contributed by atoms with E-state index in [4.69, 9.17) is 0 Å². The maximum atomic E-state index is 12.8.